The number of aromatic nitrogens is 4. The Hall–Kier alpha value is -3.92. The minimum atomic E-state index is -4.46. The summed E-state index contributed by atoms with van der Waals surface area (Å²) in [6.45, 7) is 3.86. The van der Waals surface area contributed by atoms with Gasteiger partial charge in [0, 0.05) is 23.0 Å². The van der Waals surface area contributed by atoms with E-state index < -0.39 is 23.8 Å². The van der Waals surface area contributed by atoms with Gasteiger partial charge in [-0.3, -0.25) is 9.20 Å². The van der Waals surface area contributed by atoms with Crippen LogP contribution in [0.15, 0.2) is 61.6 Å². The molecule has 162 valence electrons. The molecule has 0 saturated heterocycles. The number of nitrogens with two attached hydrogens (primary N) is 1. The molecule has 3 aromatic heterocycles. The number of fused-ring (bicyclic) bond motifs is 2. The Morgan fingerprint density at radius 3 is 2.56 bits per heavy atom. The van der Waals surface area contributed by atoms with Crippen molar-refractivity contribution >= 4 is 23.3 Å². The number of carbonyl (C=O) groups excluding carboxylic acids is 1. The van der Waals surface area contributed by atoms with Crippen molar-refractivity contribution in [1.82, 2.24) is 19.2 Å². The highest BCUT2D eigenvalue weighted by molar-refractivity contribution is 6.09. The van der Waals surface area contributed by atoms with E-state index in [1.54, 1.807) is 18.5 Å². The first kappa shape index (κ1) is 20.0. The predicted octanol–water partition coefficient (Wildman–Crippen LogP) is 3.98. The fourth-order valence-electron chi connectivity index (χ4n) is 3.88. The number of hydrogen-bond donors (Lipinski definition) is 1. The molecule has 1 atom stereocenters. The number of rotatable bonds is 3. The van der Waals surface area contributed by atoms with Crippen molar-refractivity contribution < 1.29 is 18.0 Å². The highest BCUT2D eigenvalue weighted by Gasteiger charge is 2.35. The van der Waals surface area contributed by atoms with E-state index >= 15 is 0 Å². The molecule has 1 aromatic carbocycles. The second-order valence-electron chi connectivity index (χ2n) is 7.41. The summed E-state index contributed by atoms with van der Waals surface area (Å²) in [6, 6.07) is 8.08. The lowest BCUT2D eigenvalue weighted by atomic mass is 10.1. The molecule has 0 fully saturated rings. The molecule has 4 aromatic rings. The van der Waals surface area contributed by atoms with E-state index in [-0.39, 0.29) is 12.2 Å². The van der Waals surface area contributed by atoms with Crippen LogP contribution in [0.25, 0.3) is 22.9 Å². The summed E-state index contributed by atoms with van der Waals surface area (Å²) in [7, 11) is 0. The lowest BCUT2D eigenvalue weighted by molar-refractivity contribution is -0.137. The van der Waals surface area contributed by atoms with E-state index in [0.29, 0.717) is 11.3 Å². The maximum atomic E-state index is 13.4. The summed E-state index contributed by atoms with van der Waals surface area (Å²) < 4.78 is 42.0. The Balaban J connectivity index is 1.57. The zero-order valence-corrected chi connectivity index (χ0v) is 16.6. The maximum Gasteiger partial charge on any atom is 0.416 e. The highest BCUT2D eigenvalue weighted by Crippen LogP contribution is 2.34. The van der Waals surface area contributed by atoms with Gasteiger partial charge in [-0.2, -0.15) is 18.3 Å². The van der Waals surface area contributed by atoms with Gasteiger partial charge in [-0.05, 0) is 42.5 Å². The van der Waals surface area contributed by atoms with Crippen LogP contribution in [0.3, 0.4) is 0 Å². The standard InChI is InChI=1S/C22H17F3N6O/c1-2-15-9-27-19-8-3-13(11-29(15)19)17-10-28-31-18(26)12-30(21(32)20(17)31)16-6-4-14(5-7-16)22(23,24)25/h2-11,18H,1,12,26H2/t18-/m1/s1. The Morgan fingerprint density at radius 2 is 1.88 bits per heavy atom. The average Bonchev–Trinajstić information content (AvgIpc) is 3.40. The van der Waals surface area contributed by atoms with Gasteiger partial charge in [-0.1, -0.05) is 6.58 Å². The molecule has 32 heavy (non-hydrogen) atoms. The third-order valence-corrected chi connectivity index (χ3v) is 5.49. The van der Waals surface area contributed by atoms with Gasteiger partial charge in [0.15, 0.2) is 0 Å². The fourth-order valence-corrected chi connectivity index (χ4v) is 3.88. The zero-order chi connectivity index (χ0) is 22.6. The van der Waals surface area contributed by atoms with Crippen LogP contribution in [-0.2, 0) is 6.18 Å². The molecule has 0 bridgehead atoms. The molecule has 0 aliphatic carbocycles. The van der Waals surface area contributed by atoms with Gasteiger partial charge >= 0.3 is 6.18 Å². The van der Waals surface area contributed by atoms with Crippen LogP contribution in [-0.4, -0.2) is 31.6 Å². The van der Waals surface area contributed by atoms with Crippen LogP contribution in [0.4, 0.5) is 18.9 Å². The van der Waals surface area contributed by atoms with Crippen molar-refractivity contribution in [2.75, 3.05) is 11.4 Å². The van der Waals surface area contributed by atoms with Crippen molar-refractivity contribution in [2.45, 2.75) is 12.3 Å². The lowest BCUT2D eigenvalue weighted by Gasteiger charge is -2.32. The van der Waals surface area contributed by atoms with E-state index in [1.165, 1.54) is 21.7 Å². The minimum Gasteiger partial charge on any atom is -0.308 e. The summed E-state index contributed by atoms with van der Waals surface area (Å²) in [5.74, 6) is -0.395. The molecule has 1 amide bonds. The van der Waals surface area contributed by atoms with E-state index in [0.717, 1.165) is 29.0 Å². The molecule has 0 spiro atoms. The number of hydrogen-bond acceptors (Lipinski definition) is 4. The second-order valence-corrected chi connectivity index (χ2v) is 7.41. The number of carbonyl (C=O) groups is 1. The Labute approximate surface area is 180 Å². The molecule has 0 saturated carbocycles. The third kappa shape index (κ3) is 3.07. The van der Waals surface area contributed by atoms with Gasteiger partial charge in [-0.15, -0.1) is 0 Å². The molecule has 0 radical (unpaired) electrons. The lowest BCUT2D eigenvalue weighted by Crippen LogP contribution is -2.46. The molecule has 4 heterocycles. The van der Waals surface area contributed by atoms with Crippen molar-refractivity contribution in [2.24, 2.45) is 5.73 Å². The molecule has 1 aliphatic heterocycles. The normalized spacial score (nSPS) is 16.4. The van der Waals surface area contributed by atoms with Crippen molar-refractivity contribution in [1.29, 1.82) is 0 Å². The number of alkyl halides is 3. The molecule has 2 N–H and O–H groups in total. The van der Waals surface area contributed by atoms with Crippen LogP contribution in [0.2, 0.25) is 0 Å². The topological polar surface area (TPSA) is 81.5 Å². The molecular formula is C22H17F3N6O. The molecule has 5 rings (SSSR count). The second kappa shape index (κ2) is 7.06. The first-order chi connectivity index (χ1) is 15.3. The Kier molecular flexibility index (Phi) is 4.41. The first-order valence-electron chi connectivity index (χ1n) is 9.70. The van der Waals surface area contributed by atoms with E-state index in [4.69, 9.17) is 5.73 Å². The largest absolute Gasteiger partial charge is 0.416 e. The number of anilines is 1. The van der Waals surface area contributed by atoms with Crippen LogP contribution < -0.4 is 10.6 Å². The quantitative estimate of drug-likeness (QED) is 0.525. The summed E-state index contributed by atoms with van der Waals surface area (Å²) in [6.07, 6.45) is 1.64. The van der Waals surface area contributed by atoms with Crippen LogP contribution in [0.1, 0.15) is 27.9 Å². The molecule has 1 aliphatic rings. The fraction of sp³-hybridized carbons (Fsp3) is 0.136. The molecule has 10 heteroatoms. The third-order valence-electron chi connectivity index (χ3n) is 5.49. The van der Waals surface area contributed by atoms with Crippen LogP contribution in [0, 0.1) is 0 Å². The summed E-state index contributed by atoms with van der Waals surface area (Å²) >= 11 is 0. The maximum absolute atomic E-state index is 13.4. The van der Waals surface area contributed by atoms with Crippen LogP contribution in [0.5, 0.6) is 0 Å². The predicted molar refractivity (Wildman–Crippen MR) is 113 cm³/mol. The summed E-state index contributed by atoms with van der Waals surface area (Å²) in [4.78, 5) is 19.1. The minimum absolute atomic E-state index is 0.0828. The van der Waals surface area contributed by atoms with Gasteiger partial charge in [0.25, 0.3) is 5.91 Å². The van der Waals surface area contributed by atoms with Gasteiger partial charge in [0.05, 0.1) is 30.2 Å². The number of halogens is 3. The van der Waals surface area contributed by atoms with Gasteiger partial charge in [-0.25, -0.2) is 9.67 Å². The van der Waals surface area contributed by atoms with E-state index in [9.17, 15) is 18.0 Å². The molecule has 7 nitrogen and oxygen atoms in total. The Morgan fingerprint density at radius 1 is 1.12 bits per heavy atom. The van der Waals surface area contributed by atoms with Gasteiger partial charge in [0.2, 0.25) is 0 Å². The summed E-state index contributed by atoms with van der Waals surface area (Å²) in [5.41, 5.74) is 8.85. The number of benzene rings is 1. The first-order valence-corrected chi connectivity index (χ1v) is 9.70. The number of pyridine rings is 1. The van der Waals surface area contributed by atoms with Crippen LogP contribution >= 0.6 is 0 Å². The summed E-state index contributed by atoms with van der Waals surface area (Å²) in [5, 5.41) is 4.30. The highest BCUT2D eigenvalue weighted by atomic mass is 19.4. The monoisotopic (exact) mass is 438 g/mol. The smallest absolute Gasteiger partial charge is 0.308 e. The van der Waals surface area contributed by atoms with E-state index in [1.807, 2.05) is 22.7 Å². The average molecular weight is 438 g/mol. The SMILES string of the molecule is C=Cc1cnc2ccc(-c3cnn4c3C(=O)N(c3ccc(C(F)(F)F)cc3)C[C@@H]4N)cn12. The zero-order valence-electron chi connectivity index (χ0n) is 16.6. The Bertz CT molecular complexity index is 1350. The number of amides is 1. The molecular weight excluding hydrogens is 421 g/mol. The van der Waals surface area contributed by atoms with Gasteiger partial charge < -0.3 is 10.6 Å². The number of imidazole rings is 1. The van der Waals surface area contributed by atoms with E-state index in [2.05, 4.69) is 16.7 Å². The van der Waals surface area contributed by atoms with Gasteiger partial charge in [0.1, 0.15) is 17.5 Å². The molecule has 0 unspecified atom stereocenters. The van der Waals surface area contributed by atoms with Crippen molar-refractivity contribution in [3.05, 3.63) is 78.5 Å². The number of nitrogens with zero attached hydrogens (tertiary/aromatic N) is 5. The van der Waals surface area contributed by atoms with Crippen molar-refractivity contribution in [3.8, 4) is 11.1 Å². The van der Waals surface area contributed by atoms with Crippen molar-refractivity contribution in [3.63, 3.8) is 0 Å².